The van der Waals surface area contributed by atoms with Gasteiger partial charge in [-0.1, -0.05) is 44.2 Å². The normalized spacial score (nSPS) is 34.1. The Morgan fingerprint density at radius 1 is 1.29 bits per heavy atom. The fourth-order valence-electron chi connectivity index (χ4n) is 5.43. The smallest absolute Gasteiger partial charge is 0.232 e. The first-order valence-electron chi connectivity index (χ1n) is 9.10. The van der Waals surface area contributed by atoms with E-state index >= 15 is 0 Å². The van der Waals surface area contributed by atoms with E-state index in [2.05, 4.69) is 20.4 Å². The van der Waals surface area contributed by atoms with Gasteiger partial charge in [0.2, 0.25) is 5.91 Å². The van der Waals surface area contributed by atoms with Crippen LogP contribution in [-0.2, 0) is 4.79 Å². The molecule has 0 N–H and O–H groups in total. The highest BCUT2D eigenvalue weighted by molar-refractivity contribution is 5.88. The molecule has 1 amide bonds. The number of carbonyl (C=O) groups is 1. The Balaban J connectivity index is 1.55. The third-order valence-corrected chi connectivity index (χ3v) is 7.12. The minimum absolute atomic E-state index is 0.0680. The molecular weight excluding hydrogens is 301 g/mol. The SMILES string of the molecule is C=C1C(C)(C)[C@H]2CC[C@]1(C(=O)N1CC[C@@H](c3ccccc3F)C1)C2. The van der Waals surface area contributed by atoms with E-state index in [1.165, 1.54) is 6.07 Å². The minimum Gasteiger partial charge on any atom is -0.341 e. The molecule has 2 nitrogen and oxygen atoms in total. The van der Waals surface area contributed by atoms with Crippen LogP contribution in [0.25, 0.3) is 0 Å². The molecule has 4 rings (SSSR count). The summed E-state index contributed by atoms with van der Waals surface area (Å²) in [7, 11) is 0. The van der Waals surface area contributed by atoms with Gasteiger partial charge in [-0.05, 0) is 48.6 Å². The van der Waals surface area contributed by atoms with Crippen LogP contribution in [0, 0.1) is 22.6 Å². The van der Waals surface area contributed by atoms with Crippen LogP contribution in [0.1, 0.15) is 51.0 Å². The van der Waals surface area contributed by atoms with Crippen LogP contribution in [0.2, 0.25) is 0 Å². The van der Waals surface area contributed by atoms with Gasteiger partial charge >= 0.3 is 0 Å². The Morgan fingerprint density at radius 3 is 2.71 bits per heavy atom. The van der Waals surface area contributed by atoms with Gasteiger partial charge in [0.15, 0.2) is 0 Å². The largest absolute Gasteiger partial charge is 0.341 e. The Hall–Kier alpha value is -1.64. The molecule has 2 aliphatic carbocycles. The summed E-state index contributed by atoms with van der Waals surface area (Å²) in [5.74, 6) is 0.798. The van der Waals surface area contributed by atoms with Crippen molar-refractivity contribution in [3.63, 3.8) is 0 Å². The van der Waals surface area contributed by atoms with Gasteiger partial charge in [0.1, 0.15) is 5.82 Å². The van der Waals surface area contributed by atoms with E-state index in [1.54, 1.807) is 6.07 Å². The third-order valence-electron chi connectivity index (χ3n) is 7.12. The summed E-state index contributed by atoms with van der Waals surface area (Å²) in [5, 5.41) is 0. The maximum Gasteiger partial charge on any atom is 0.232 e. The van der Waals surface area contributed by atoms with Gasteiger partial charge in [-0.3, -0.25) is 4.79 Å². The second kappa shape index (κ2) is 5.18. The lowest BCUT2D eigenvalue weighted by molar-refractivity contribution is -0.138. The van der Waals surface area contributed by atoms with Crippen LogP contribution < -0.4 is 0 Å². The molecule has 3 fully saturated rings. The molecular formula is C21H26FNO. The summed E-state index contributed by atoms with van der Waals surface area (Å²) in [5.41, 5.74) is 1.60. The lowest BCUT2D eigenvalue weighted by Crippen LogP contribution is -2.43. The lowest BCUT2D eigenvalue weighted by atomic mass is 9.68. The second-order valence-corrected chi connectivity index (χ2v) is 8.48. The highest BCUT2D eigenvalue weighted by atomic mass is 19.1. The molecule has 0 spiro atoms. The van der Waals surface area contributed by atoms with E-state index in [1.807, 2.05) is 17.0 Å². The molecule has 2 bridgehead atoms. The Morgan fingerprint density at radius 2 is 2.04 bits per heavy atom. The molecule has 3 atom stereocenters. The fourth-order valence-corrected chi connectivity index (χ4v) is 5.43. The number of benzene rings is 1. The molecule has 2 saturated carbocycles. The molecule has 1 saturated heterocycles. The fraction of sp³-hybridized carbons (Fsp3) is 0.571. The Bertz CT molecular complexity index is 710. The number of rotatable bonds is 2. The molecule has 3 aliphatic rings. The van der Waals surface area contributed by atoms with Crippen LogP contribution >= 0.6 is 0 Å². The zero-order valence-electron chi connectivity index (χ0n) is 14.6. The lowest BCUT2D eigenvalue weighted by Gasteiger charge is -2.39. The van der Waals surface area contributed by atoms with Crippen molar-refractivity contribution in [2.75, 3.05) is 13.1 Å². The van der Waals surface area contributed by atoms with Crippen molar-refractivity contribution in [2.45, 2.75) is 45.4 Å². The van der Waals surface area contributed by atoms with Crippen molar-refractivity contribution in [3.8, 4) is 0 Å². The molecule has 1 aromatic rings. The van der Waals surface area contributed by atoms with Crippen LogP contribution in [-0.4, -0.2) is 23.9 Å². The zero-order chi connectivity index (χ0) is 17.1. The second-order valence-electron chi connectivity index (χ2n) is 8.48. The number of halogens is 1. The molecule has 1 aliphatic heterocycles. The van der Waals surface area contributed by atoms with E-state index in [0.29, 0.717) is 12.5 Å². The summed E-state index contributed by atoms with van der Waals surface area (Å²) >= 11 is 0. The van der Waals surface area contributed by atoms with Gasteiger partial charge in [0.25, 0.3) is 0 Å². The number of fused-ring (bicyclic) bond motifs is 2. The maximum absolute atomic E-state index is 14.1. The van der Waals surface area contributed by atoms with Gasteiger partial charge < -0.3 is 4.90 Å². The quantitative estimate of drug-likeness (QED) is 0.731. The number of nitrogens with zero attached hydrogens (tertiary/aromatic N) is 1. The molecule has 24 heavy (non-hydrogen) atoms. The van der Waals surface area contributed by atoms with Crippen molar-refractivity contribution in [1.29, 1.82) is 0 Å². The van der Waals surface area contributed by atoms with Crippen molar-refractivity contribution >= 4 is 5.91 Å². The third kappa shape index (κ3) is 2.03. The molecule has 128 valence electrons. The predicted octanol–water partition coefficient (Wildman–Crippen LogP) is 4.52. The van der Waals surface area contributed by atoms with Crippen molar-refractivity contribution < 1.29 is 9.18 Å². The average molecular weight is 327 g/mol. The van der Waals surface area contributed by atoms with Gasteiger partial charge in [-0.2, -0.15) is 0 Å². The first kappa shape index (κ1) is 15.9. The van der Waals surface area contributed by atoms with Crippen molar-refractivity contribution in [3.05, 3.63) is 47.8 Å². The Kier molecular flexibility index (Phi) is 3.42. The van der Waals surface area contributed by atoms with E-state index < -0.39 is 0 Å². The summed E-state index contributed by atoms with van der Waals surface area (Å²) in [4.78, 5) is 15.3. The summed E-state index contributed by atoms with van der Waals surface area (Å²) in [6.45, 7) is 10.2. The molecule has 0 aromatic heterocycles. The van der Waals surface area contributed by atoms with Crippen LogP contribution in [0.3, 0.4) is 0 Å². The van der Waals surface area contributed by atoms with Gasteiger partial charge in [0, 0.05) is 19.0 Å². The van der Waals surface area contributed by atoms with Crippen molar-refractivity contribution in [1.82, 2.24) is 4.90 Å². The van der Waals surface area contributed by atoms with Gasteiger partial charge in [-0.15, -0.1) is 0 Å². The van der Waals surface area contributed by atoms with Crippen LogP contribution in [0.4, 0.5) is 4.39 Å². The van der Waals surface area contributed by atoms with E-state index in [-0.39, 0.29) is 28.5 Å². The number of hydrogen-bond donors (Lipinski definition) is 0. The molecule has 0 radical (unpaired) electrons. The highest BCUT2D eigenvalue weighted by Crippen LogP contribution is 2.66. The molecule has 1 aromatic carbocycles. The summed E-state index contributed by atoms with van der Waals surface area (Å²) in [6, 6.07) is 6.97. The molecule has 3 heteroatoms. The van der Waals surface area contributed by atoms with E-state index in [4.69, 9.17) is 0 Å². The minimum atomic E-state index is -0.349. The van der Waals surface area contributed by atoms with Gasteiger partial charge in [-0.25, -0.2) is 4.39 Å². The van der Waals surface area contributed by atoms with Crippen LogP contribution in [0.5, 0.6) is 0 Å². The number of likely N-dealkylation sites (tertiary alicyclic amines) is 1. The first-order chi connectivity index (χ1) is 11.4. The topological polar surface area (TPSA) is 20.3 Å². The number of hydrogen-bond acceptors (Lipinski definition) is 1. The molecule has 1 heterocycles. The van der Waals surface area contributed by atoms with Gasteiger partial charge in [0.05, 0.1) is 5.41 Å². The molecule has 0 unspecified atom stereocenters. The highest BCUT2D eigenvalue weighted by Gasteiger charge is 2.62. The maximum atomic E-state index is 14.1. The zero-order valence-corrected chi connectivity index (χ0v) is 14.6. The van der Waals surface area contributed by atoms with E-state index in [9.17, 15) is 9.18 Å². The van der Waals surface area contributed by atoms with Crippen LogP contribution in [0.15, 0.2) is 36.4 Å². The number of amides is 1. The summed E-state index contributed by atoms with van der Waals surface area (Å²) in [6.07, 6.45) is 3.88. The number of carbonyl (C=O) groups excluding carboxylic acids is 1. The van der Waals surface area contributed by atoms with E-state index in [0.717, 1.165) is 43.4 Å². The predicted molar refractivity (Wildman–Crippen MR) is 93.0 cm³/mol. The van der Waals surface area contributed by atoms with Crippen molar-refractivity contribution in [2.24, 2.45) is 16.7 Å². The summed E-state index contributed by atoms with van der Waals surface area (Å²) < 4.78 is 14.1. The Labute approximate surface area is 143 Å². The first-order valence-corrected chi connectivity index (χ1v) is 9.10. The monoisotopic (exact) mass is 327 g/mol. The standard InChI is InChI=1S/C21H26FNO/c1-14-20(2,3)16-8-10-21(14,12-16)19(24)23-11-9-15(13-23)17-6-4-5-7-18(17)22/h4-7,15-16H,1,8-13H2,2-3H3/t15-,16+,21+/m1/s1. The average Bonchev–Trinajstić information content (AvgIpc) is 3.25.